The number of amides is 1. The molecule has 1 aliphatic heterocycles. The Balaban J connectivity index is 1.82. The van der Waals surface area contributed by atoms with Gasteiger partial charge in [-0.25, -0.2) is 0 Å². The Bertz CT molecular complexity index is 651. The van der Waals surface area contributed by atoms with E-state index in [-0.39, 0.29) is 5.91 Å². The summed E-state index contributed by atoms with van der Waals surface area (Å²) in [5, 5.41) is 14.0. The van der Waals surface area contributed by atoms with Crippen LogP contribution in [0.25, 0.3) is 0 Å². The molecule has 1 N–H and O–H groups in total. The zero-order chi connectivity index (χ0) is 15.5. The number of aromatic nitrogens is 2. The van der Waals surface area contributed by atoms with Crippen LogP contribution in [0.5, 0.6) is 0 Å². The third kappa shape index (κ3) is 2.90. The lowest BCUT2D eigenvalue weighted by molar-refractivity contribution is 0.0763. The van der Waals surface area contributed by atoms with Gasteiger partial charge < -0.3 is 10.0 Å². The molecule has 116 valence electrons. The minimum atomic E-state index is -0.395. The Morgan fingerprint density at radius 3 is 2.77 bits per heavy atom. The molecule has 2 aromatic rings. The maximum Gasteiger partial charge on any atom is 0.257 e. The van der Waals surface area contributed by atoms with Crippen molar-refractivity contribution in [1.29, 1.82) is 0 Å². The van der Waals surface area contributed by atoms with Gasteiger partial charge in [-0.15, -0.1) is 0 Å². The summed E-state index contributed by atoms with van der Waals surface area (Å²) in [7, 11) is 0. The maximum absolute atomic E-state index is 12.6. The topological polar surface area (TPSA) is 58.4 Å². The average molecular weight is 299 g/mol. The van der Waals surface area contributed by atoms with Crippen molar-refractivity contribution >= 4 is 5.91 Å². The quantitative estimate of drug-likeness (QED) is 0.935. The van der Waals surface area contributed by atoms with Crippen LogP contribution in [0, 0.1) is 0 Å². The highest BCUT2D eigenvalue weighted by Gasteiger charge is 2.28. The van der Waals surface area contributed by atoms with Crippen LogP contribution in [-0.4, -0.2) is 44.9 Å². The summed E-state index contributed by atoms with van der Waals surface area (Å²) in [5.74, 6) is -0.0206. The van der Waals surface area contributed by atoms with Gasteiger partial charge in [0.15, 0.2) is 0 Å². The molecule has 1 aliphatic rings. The molecule has 0 aliphatic carbocycles. The molecule has 0 spiro atoms. The Kier molecular flexibility index (Phi) is 4.24. The molecule has 0 radical (unpaired) electrons. The number of aliphatic hydroxyl groups is 1. The highest BCUT2D eigenvalue weighted by Crippen LogP contribution is 2.18. The maximum atomic E-state index is 12.6. The molecule has 0 bridgehead atoms. The fourth-order valence-electron chi connectivity index (χ4n) is 2.95. The molecule has 1 atom stereocenters. The van der Waals surface area contributed by atoms with E-state index in [2.05, 4.69) is 17.2 Å². The molecule has 1 saturated heterocycles. The Morgan fingerprint density at radius 2 is 2.14 bits per heavy atom. The van der Waals surface area contributed by atoms with Crippen LogP contribution in [0.4, 0.5) is 0 Å². The van der Waals surface area contributed by atoms with Gasteiger partial charge in [-0.3, -0.25) is 9.48 Å². The van der Waals surface area contributed by atoms with E-state index in [0.29, 0.717) is 31.6 Å². The fourth-order valence-corrected chi connectivity index (χ4v) is 2.95. The van der Waals surface area contributed by atoms with Gasteiger partial charge >= 0.3 is 0 Å². The fraction of sp³-hybridized carbons (Fsp3) is 0.412. The number of carbonyl (C=O) groups is 1. The molecular weight excluding hydrogens is 278 g/mol. The SMILES string of the molecule is CCc1c(C(=O)N2CC[C@H](O)C2)cnn1Cc1ccccc1. The second-order valence-corrected chi connectivity index (χ2v) is 5.70. The van der Waals surface area contributed by atoms with Gasteiger partial charge in [0.1, 0.15) is 0 Å². The lowest BCUT2D eigenvalue weighted by Gasteiger charge is -2.16. The Labute approximate surface area is 130 Å². The Hall–Kier alpha value is -2.14. The van der Waals surface area contributed by atoms with Crippen molar-refractivity contribution in [1.82, 2.24) is 14.7 Å². The first-order chi connectivity index (χ1) is 10.7. The van der Waals surface area contributed by atoms with Gasteiger partial charge in [0.25, 0.3) is 5.91 Å². The van der Waals surface area contributed by atoms with E-state index in [1.54, 1.807) is 11.1 Å². The van der Waals surface area contributed by atoms with Crippen LogP contribution in [0.15, 0.2) is 36.5 Å². The largest absolute Gasteiger partial charge is 0.391 e. The molecule has 1 amide bonds. The van der Waals surface area contributed by atoms with Crippen LogP contribution in [0.2, 0.25) is 0 Å². The van der Waals surface area contributed by atoms with Gasteiger partial charge in [0.05, 0.1) is 30.1 Å². The van der Waals surface area contributed by atoms with Crippen molar-refractivity contribution in [3.63, 3.8) is 0 Å². The van der Waals surface area contributed by atoms with Crippen molar-refractivity contribution in [2.75, 3.05) is 13.1 Å². The first-order valence-electron chi connectivity index (χ1n) is 7.75. The summed E-state index contributed by atoms with van der Waals surface area (Å²) in [5.41, 5.74) is 2.78. The van der Waals surface area contributed by atoms with Crippen LogP contribution >= 0.6 is 0 Å². The van der Waals surface area contributed by atoms with Crippen molar-refractivity contribution in [2.24, 2.45) is 0 Å². The van der Waals surface area contributed by atoms with Crippen molar-refractivity contribution in [2.45, 2.75) is 32.4 Å². The monoisotopic (exact) mass is 299 g/mol. The van der Waals surface area contributed by atoms with E-state index in [0.717, 1.165) is 17.7 Å². The summed E-state index contributed by atoms with van der Waals surface area (Å²) in [6, 6.07) is 10.1. The zero-order valence-electron chi connectivity index (χ0n) is 12.8. The van der Waals surface area contributed by atoms with Crippen molar-refractivity contribution < 1.29 is 9.90 Å². The first kappa shape index (κ1) is 14.8. The molecule has 5 nitrogen and oxygen atoms in total. The minimum Gasteiger partial charge on any atom is -0.391 e. The summed E-state index contributed by atoms with van der Waals surface area (Å²) in [6.07, 6.45) is 2.68. The molecule has 1 aromatic carbocycles. The normalized spacial score (nSPS) is 17.9. The molecule has 1 aromatic heterocycles. The lowest BCUT2D eigenvalue weighted by Crippen LogP contribution is -2.30. The number of carbonyl (C=O) groups excluding carboxylic acids is 1. The van der Waals surface area contributed by atoms with Gasteiger partial charge in [-0.05, 0) is 18.4 Å². The van der Waals surface area contributed by atoms with Gasteiger partial charge in [-0.2, -0.15) is 5.10 Å². The van der Waals surface area contributed by atoms with E-state index < -0.39 is 6.10 Å². The summed E-state index contributed by atoms with van der Waals surface area (Å²) < 4.78 is 1.90. The van der Waals surface area contributed by atoms with Crippen LogP contribution in [-0.2, 0) is 13.0 Å². The van der Waals surface area contributed by atoms with E-state index >= 15 is 0 Å². The number of aliphatic hydroxyl groups excluding tert-OH is 1. The summed E-state index contributed by atoms with van der Waals surface area (Å²) in [4.78, 5) is 14.3. The summed E-state index contributed by atoms with van der Waals surface area (Å²) in [6.45, 7) is 3.74. The predicted molar refractivity (Wildman–Crippen MR) is 83.7 cm³/mol. The van der Waals surface area contributed by atoms with Crippen LogP contribution in [0.1, 0.15) is 35.0 Å². The number of likely N-dealkylation sites (tertiary alicyclic amines) is 1. The Morgan fingerprint density at radius 1 is 1.36 bits per heavy atom. The predicted octanol–water partition coefficient (Wildman–Crippen LogP) is 1.70. The van der Waals surface area contributed by atoms with E-state index in [1.807, 2.05) is 29.8 Å². The molecule has 5 heteroatoms. The van der Waals surface area contributed by atoms with E-state index in [1.165, 1.54) is 0 Å². The summed E-state index contributed by atoms with van der Waals surface area (Å²) >= 11 is 0. The number of benzene rings is 1. The smallest absolute Gasteiger partial charge is 0.257 e. The number of hydrogen-bond donors (Lipinski definition) is 1. The average Bonchev–Trinajstić information content (AvgIpc) is 3.14. The third-order valence-electron chi connectivity index (χ3n) is 4.14. The van der Waals surface area contributed by atoms with Crippen molar-refractivity contribution in [3.05, 3.63) is 53.3 Å². The molecule has 2 heterocycles. The molecule has 3 rings (SSSR count). The van der Waals surface area contributed by atoms with E-state index in [9.17, 15) is 9.90 Å². The molecule has 0 unspecified atom stereocenters. The van der Waals surface area contributed by atoms with Gasteiger partial charge in [0.2, 0.25) is 0 Å². The van der Waals surface area contributed by atoms with Crippen LogP contribution < -0.4 is 0 Å². The minimum absolute atomic E-state index is 0.0206. The van der Waals surface area contributed by atoms with Gasteiger partial charge in [0, 0.05) is 13.1 Å². The zero-order valence-corrected chi connectivity index (χ0v) is 12.8. The van der Waals surface area contributed by atoms with Crippen LogP contribution in [0.3, 0.4) is 0 Å². The molecule has 22 heavy (non-hydrogen) atoms. The molecule has 0 saturated carbocycles. The second kappa shape index (κ2) is 6.32. The first-order valence-corrected chi connectivity index (χ1v) is 7.75. The molecule has 1 fully saturated rings. The third-order valence-corrected chi connectivity index (χ3v) is 4.14. The lowest BCUT2D eigenvalue weighted by atomic mass is 10.1. The van der Waals surface area contributed by atoms with Gasteiger partial charge in [-0.1, -0.05) is 37.3 Å². The highest BCUT2D eigenvalue weighted by atomic mass is 16.3. The number of β-amino-alcohol motifs (C(OH)–C–C–N with tert-alkyl or cyclic N) is 1. The molecular formula is C17H21N3O2. The van der Waals surface area contributed by atoms with Crippen molar-refractivity contribution in [3.8, 4) is 0 Å². The standard InChI is InChI=1S/C17H21N3O2/c1-2-16-15(17(22)19-9-8-14(21)12-19)10-18-20(16)11-13-6-4-3-5-7-13/h3-7,10,14,21H,2,8-9,11-12H2,1H3/t14-/m0/s1. The second-order valence-electron chi connectivity index (χ2n) is 5.70. The number of nitrogens with zero attached hydrogens (tertiary/aromatic N) is 3. The van der Waals surface area contributed by atoms with E-state index in [4.69, 9.17) is 0 Å². The number of hydrogen-bond acceptors (Lipinski definition) is 3. The number of rotatable bonds is 4. The highest BCUT2D eigenvalue weighted by molar-refractivity contribution is 5.95.